The van der Waals surface area contributed by atoms with E-state index in [9.17, 15) is 10.1 Å². The van der Waals surface area contributed by atoms with Crippen molar-refractivity contribution >= 4 is 35.3 Å². The molecule has 0 aliphatic carbocycles. The molecule has 0 atom stereocenters. The SMILES string of the molecule is COCc1cc(C)nc(OCC(=O)N/N=C\c2cc(C)n(-c3ccc(Cl)cc3Cl)c2C)c1C#N. The zero-order valence-electron chi connectivity index (χ0n) is 19.1. The summed E-state index contributed by atoms with van der Waals surface area (Å²) in [5, 5.41) is 14.6. The maximum Gasteiger partial charge on any atom is 0.278 e. The van der Waals surface area contributed by atoms with Crippen LogP contribution >= 0.6 is 23.2 Å². The van der Waals surface area contributed by atoms with Crippen LogP contribution in [0.1, 0.15) is 33.8 Å². The number of benzene rings is 1. The number of carbonyl (C=O) groups excluding carboxylic acids is 1. The van der Waals surface area contributed by atoms with E-state index >= 15 is 0 Å². The maximum atomic E-state index is 12.2. The Kier molecular flexibility index (Phi) is 8.29. The van der Waals surface area contributed by atoms with Crippen LogP contribution < -0.4 is 10.2 Å². The van der Waals surface area contributed by atoms with Gasteiger partial charge >= 0.3 is 0 Å². The second-order valence-electron chi connectivity index (χ2n) is 7.49. The van der Waals surface area contributed by atoms with Gasteiger partial charge in [-0.15, -0.1) is 0 Å². The summed E-state index contributed by atoms with van der Waals surface area (Å²) in [4.78, 5) is 16.4. The number of rotatable bonds is 8. The van der Waals surface area contributed by atoms with E-state index in [1.54, 1.807) is 31.3 Å². The standard InChI is InChI=1S/C24H23Cl2N5O3/c1-14-7-18(12-33-4)20(10-27)24(29-14)34-13-23(32)30-28-11-17-8-15(2)31(16(17)3)22-6-5-19(25)9-21(22)26/h5-9,11H,12-13H2,1-4H3,(H,30,32)/b28-11-. The van der Waals surface area contributed by atoms with Crippen LogP contribution in [-0.4, -0.2) is 35.4 Å². The van der Waals surface area contributed by atoms with Crippen LogP contribution in [0.15, 0.2) is 35.4 Å². The van der Waals surface area contributed by atoms with Crippen molar-refractivity contribution in [2.75, 3.05) is 13.7 Å². The van der Waals surface area contributed by atoms with Gasteiger partial charge in [0.1, 0.15) is 11.6 Å². The van der Waals surface area contributed by atoms with Gasteiger partial charge in [-0.2, -0.15) is 10.4 Å². The number of ether oxygens (including phenoxy) is 2. The lowest BCUT2D eigenvalue weighted by Gasteiger charge is -2.11. The molecule has 0 saturated heterocycles. The molecule has 176 valence electrons. The topological polar surface area (TPSA) is 102 Å². The van der Waals surface area contributed by atoms with E-state index in [0.29, 0.717) is 21.3 Å². The van der Waals surface area contributed by atoms with E-state index in [2.05, 4.69) is 21.6 Å². The molecule has 3 rings (SSSR count). The molecule has 1 N–H and O–H groups in total. The van der Waals surface area contributed by atoms with Crippen molar-refractivity contribution in [3.63, 3.8) is 0 Å². The zero-order valence-corrected chi connectivity index (χ0v) is 20.7. The molecule has 1 amide bonds. The molecule has 8 nitrogen and oxygen atoms in total. The minimum Gasteiger partial charge on any atom is -0.467 e. The number of nitrogens with zero attached hydrogens (tertiary/aromatic N) is 4. The molecular formula is C24H23Cl2N5O3. The van der Waals surface area contributed by atoms with Gasteiger partial charge in [-0.05, 0) is 51.1 Å². The monoisotopic (exact) mass is 499 g/mol. The first-order valence-corrected chi connectivity index (χ1v) is 11.0. The summed E-state index contributed by atoms with van der Waals surface area (Å²) in [6, 6.07) is 11.0. The molecule has 2 aromatic heterocycles. The van der Waals surface area contributed by atoms with Crippen LogP contribution in [0.2, 0.25) is 10.0 Å². The highest BCUT2D eigenvalue weighted by atomic mass is 35.5. The summed E-state index contributed by atoms with van der Waals surface area (Å²) in [6.07, 6.45) is 1.54. The molecule has 1 aromatic carbocycles. The third-order valence-electron chi connectivity index (χ3n) is 4.96. The van der Waals surface area contributed by atoms with Gasteiger partial charge in [0.15, 0.2) is 6.61 Å². The van der Waals surface area contributed by atoms with Gasteiger partial charge in [-0.1, -0.05) is 23.2 Å². The molecule has 0 bridgehead atoms. The van der Waals surface area contributed by atoms with Crippen LogP contribution in [0.25, 0.3) is 5.69 Å². The maximum absolute atomic E-state index is 12.2. The quantitative estimate of drug-likeness (QED) is 0.358. The molecule has 0 aliphatic rings. The van der Waals surface area contributed by atoms with Gasteiger partial charge in [-0.3, -0.25) is 4.79 Å². The highest BCUT2D eigenvalue weighted by Crippen LogP contribution is 2.28. The lowest BCUT2D eigenvalue weighted by atomic mass is 10.1. The van der Waals surface area contributed by atoms with E-state index in [0.717, 1.165) is 22.6 Å². The van der Waals surface area contributed by atoms with Crippen LogP contribution in [0.5, 0.6) is 5.88 Å². The molecule has 0 spiro atoms. The van der Waals surface area contributed by atoms with E-state index in [-0.39, 0.29) is 24.7 Å². The number of hydrogen-bond donors (Lipinski definition) is 1. The number of nitrogens with one attached hydrogen (secondary N) is 1. The lowest BCUT2D eigenvalue weighted by molar-refractivity contribution is -0.123. The summed E-state index contributed by atoms with van der Waals surface area (Å²) in [7, 11) is 1.53. The van der Waals surface area contributed by atoms with Crippen LogP contribution in [-0.2, 0) is 16.1 Å². The highest BCUT2D eigenvalue weighted by Gasteiger charge is 2.15. The van der Waals surface area contributed by atoms with E-state index in [1.165, 1.54) is 7.11 Å². The highest BCUT2D eigenvalue weighted by molar-refractivity contribution is 6.35. The summed E-state index contributed by atoms with van der Waals surface area (Å²) in [6.45, 7) is 5.52. The number of nitriles is 1. The largest absolute Gasteiger partial charge is 0.467 e. The minimum absolute atomic E-state index is 0.0806. The third-order valence-corrected chi connectivity index (χ3v) is 5.50. The Morgan fingerprint density at radius 3 is 2.71 bits per heavy atom. The fourth-order valence-corrected chi connectivity index (χ4v) is 3.99. The van der Waals surface area contributed by atoms with E-state index in [1.807, 2.05) is 30.5 Å². The molecule has 0 fully saturated rings. The second kappa shape index (κ2) is 11.2. The average molecular weight is 500 g/mol. The number of aromatic nitrogens is 2. The molecule has 10 heteroatoms. The fourth-order valence-electron chi connectivity index (χ4n) is 3.50. The molecule has 3 aromatic rings. The summed E-state index contributed by atoms with van der Waals surface area (Å²) in [5.41, 5.74) is 7.39. The Hall–Kier alpha value is -3.38. The predicted molar refractivity (Wildman–Crippen MR) is 131 cm³/mol. The van der Waals surface area contributed by atoms with Crippen LogP contribution in [0, 0.1) is 32.1 Å². The number of hydrazone groups is 1. The van der Waals surface area contributed by atoms with Crippen LogP contribution in [0.4, 0.5) is 0 Å². The summed E-state index contributed by atoms with van der Waals surface area (Å²) >= 11 is 12.4. The predicted octanol–water partition coefficient (Wildman–Crippen LogP) is 4.65. The van der Waals surface area contributed by atoms with Gasteiger partial charge in [-0.25, -0.2) is 10.4 Å². The minimum atomic E-state index is -0.494. The second-order valence-corrected chi connectivity index (χ2v) is 8.33. The molecule has 0 unspecified atom stereocenters. The summed E-state index contributed by atoms with van der Waals surface area (Å²) in [5.74, 6) is -0.414. The Morgan fingerprint density at radius 1 is 1.26 bits per heavy atom. The van der Waals surface area contributed by atoms with E-state index < -0.39 is 5.91 Å². The molecule has 0 aliphatic heterocycles. The number of carbonyl (C=O) groups is 1. The first-order valence-electron chi connectivity index (χ1n) is 10.2. The van der Waals surface area contributed by atoms with Crippen molar-refractivity contribution in [2.45, 2.75) is 27.4 Å². The van der Waals surface area contributed by atoms with Gasteiger partial charge in [0.05, 0.1) is 23.5 Å². The number of hydrogen-bond acceptors (Lipinski definition) is 6. The Morgan fingerprint density at radius 2 is 2.03 bits per heavy atom. The fraction of sp³-hybridized carbons (Fsp3) is 0.250. The lowest BCUT2D eigenvalue weighted by Crippen LogP contribution is -2.25. The van der Waals surface area contributed by atoms with Gasteiger partial charge in [0.2, 0.25) is 5.88 Å². The molecule has 0 saturated carbocycles. The Balaban J connectivity index is 1.68. The molecule has 34 heavy (non-hydrogen) atoms. The normalized spacial score (nSPS) is 11.0. The number of methoxy groups -OCH3 is 1. The smallest absolute Gasteiger partial charge is 0.278 e. The Labute approximate surface area is 207 Å². The van der Waals surface area contributed by atoms with Gasteiger partial charge in [0, 0.05) is 40.3 Å². The van der Waals surface area contributed by atoms with Crippen molar-refractivity contribution in [3.8, 4) is 17.6 Å². The van der Waals surface area contributed by atoms with E-state index in [4.69, 9.17) is 32.7 Å². The van der Waals surface area contributed by atoms with Gasteiger partial charge in [0.25, 0.3) is 5.91 Å². The Bertz CT molecular complexity index is 1290. The molecule has 0 radical (unpaired) electrons. The first kappa shape index (κ1) is 25.2. The van der Waals surface area contributed by atoms with Crippen molar-refractivity contribution < 1.29 is 14.3 Å². The molecular weight excluding hydrogens is 477 g/mol. The number of halogens is 2. The summed E-state index contributed by atoms with van der Waals surface area (Å²) < 4.78 is 12.6. The van der Waals surface area contributed by atoms with Crippen LogP contribution in [0.3, 0.4) is 0 Å². The van der Waals surface area contributed by atoms with Crippen molar-refractivity contribution in [2.24, 2.45) is 5.10 Å². The van der Waals surface area contributed by atoms with Gasteiger partial charge < -0.3 is 14.0 Å². The number of pyridine rings is 1. The molecule has 2 heterocycles. The van der Waals surface area contributed by atoms with Crippen molar-refractivity contribution in [3.05, 3.63) is 74.1 Å². The first-order chi connectivity index (χ1) is 16.2. The number of amides is 1. The zero-order chi connectivity index (χ0) is 24.8. The third kappa shape index (κ3) is 5.75. The average Bonchev–Trinajstić information content (AvgIpc) is 3.05. The van der Waals surface area contributed by atoms with Crippen molar-refractivity contribution in [1.82, 2.24) is 15.0 Å². The van der Waals surface area contributed by atoms with Crippen molar-refractivity contribution in [1.29, 1.82) is 5.26 Å². The number of aryl methyl sites for hydroxylation is 2.